The van der Waals surface area contributed by atoms with Gasteiger partial charge in [0.25, 0.3) is 0 Å². The highest BCUT2D eigenvalue weighted by molar-refractivity contribution is 7.26. The molecule has 2 nitrogen and oxygen atoms in total. The van der Waals surface area contributed by atoms with Crippen LogP contribution in [0.2, 0.25) is 0 Å². The minimum Gasteiger partial charge on any atom is -0.309 e. The summed E-state index contributed by atoms with van der Waals surface area (Å²) in [7, 11) is 0. The number of hydrogen-bond acceptors (Lipinski definition) is 2. The predicted molar refractivity (Wildman–Crippen MR) is 243 cm³/mol. The van der Waals surface area contributed by atoms with Crippen molar-refractivity contribution in [3.05, 3.63) is 217 Å². The Morgan fingerprint density at radius 2 is 1.11 bits per heavy atom. The monoisotopic (exact) mass is 744 g/mol. The number of hydrogen-bond donors (Lipinski definition) is 0. The van der Waals surface area contributed by atoms with Crippen molar-refractivity contribution in [2.75, 3.05) is 4.90 Å². The highest BCUT2D eigenvalue weighted by atomic mass is 32.1. The third-order valence-electron chi connectivity index (χ3n) is 12.2. The lowest BCUT2D eigenvalue weighted by molar-refractivity contribution is 0.720. The zero-order chi connectivity index (χ0) is 37.5. The molecular formula is C54H36N2S. The number of fused-ring (bicyclic) bond motifs is 12. The quantitative estimate of drug-likeness (QED) is 0.170. The van der Waals surface area contributed by atoms with Gasteiger partial charge in [0.05, 0.1) is 21.4 Å². The van der Waals surface area contributed by atoms with Crippen LogP contribution in [0.1, 0.15) is 23.0 Å². The van der Waals surface area contributed by atoms with Crippen molar-refractivity contribution in [1.82, 2.24) is 4.57 Å². The largest absolute Gasteiger partial charge is 0.309 e. The van der Waals surface area contributed by atoms with Crippen LogP contribution in [0.3, 0.4) is 0 Å². The van der Waals surface area contributed by atoms with Crippen molar-refractivity contribution >= 4 is 70.4 Å². The molecule has 2 heterocycles. The molecule has 0 bridgehead atoms. The van der Waals surface area contributed by atoms with Gasteiger partial charge in [-0.15, -0.1) is 11.3 Å². The van der Waals surface area contributed by atoms with E-state index in [1.54, 1.807) is 0 Å². The van der Waals surface area contributed by atoms with E-state index in [0.29, 0.717) is 11.8 Å². The molecule has 0 radical (unpaired) electrons. The third-order valence-corrected chi connectivity index (χ3v) is 13.4. The summed E-state index contributed by atoms with van der Waals surface area (Å²) in [5, 5.41) is 5.12. The van der Waals surface area contributed by atoms with Crippen molar-refractivity contribution in [1.29, 1.82) is 0 Å². The van der Waals surface area contributed by atoms with E-state index in [4.69, 9.17) is 0 Å². The van der Waals surface area contributed by atoms with Gasteiger partial charge in [-0.25, -0.2) is 0 Å². The Kier molecular flexibility index (Phi) is 7.26. The molecule has 8 aromatic carbocycles. The number of nitrogens with zero attached hydrogens (tertiary/aromatic N) is 2. The van der Waals surface area contributed by atoms with Gasteiger partial charge >= 0.3 is 0 Å². The number of benzene rings is 8. The Morgan fingerprint density at radius 3 is 1.96 bits per heavy atom. The van der Waals surface area contributed by atoms with Gasteiger partial charge in [0.2, 0.25) is 0 Å². The van der Waals surface area contributed by atoms with Crippen molar-refractivity contribution in [2.24, 2.45) is 0 Å². The number of allylic oxidation sites excluding steroid dienone is 4. The van der Waals surface area contributed by atoms with Gasteiger partial charge in [0.1, 0.15) is 0 Å². The molecule has 0 N–H and O–H groups in total. The number of rotatable bonds is 5. The molecule has 268 valence electrons. The number of para-hydroxylation sites is 2. The normalized spacial score (nSPS) is 15.6. The summed E-state index contributed by atoms with van der Waals surface area (Å²) in [6.07, 6.45) is 9.16. The van der Waals surface area contributed by atoms with E-state index in [0.717, 1.165) is 11.4 Å². The van der Waals surface area contributed by atoms with E-state index >= 15 is 0 Å². The Morgan fingerprint density at radius 1 is 0.439 bits per heavy atom. The molecule has 0 spiro atoms. The topological polar surface area (TPSA) is 8.17 Å². The molecule has 2 unspecified atom stereocenters. The van der Waals surface area contributed by atoms with Crippen LogP contribution in [-0.4, -0.2) is 4.57 Å². The van der Waals surface area contributed by atoms with Gasteiger partial charge in [-0.3, -0.25) is 0 Å². The lowest BCUT2D eigenvalue weighted by Gasteiger charge is -2.35. The number of aromatic nitrogens is 1. The molecule has 2 aromatic heterocycles. The highest BCUT2D eigenvalue weighted by Gasteiger charge is 2.32. The molecule has 2 aliphatic carbocycles. The fourth-order valence-corrected chi connectivity index (χ4v) is 10.8. The summed E-state index contributed by atoms with van der Waals surface area (Å²) in [6, 6.07) is 67.3. The second-order valence-corrected chi connectivity index (χ2v) is 16.3. The molecule has 3 heteroatoms. The molecule has 12 rings (SSSR count). The minimum atomic E-state index is 0.326. The van der Waals surface area contributed by atoms with E-state index in [2.05, 4.69) is 216 Å². The van der Waals surface area contributed by atoms with E-state index < -0.39 is 0 Å². The Labute approximate surface area is 335 Å². The third kappa shape index (κ3) is 5.02. The lowest BCUT2D eigenvalue weighted by Crippen LogP contribution is -2.17. The average molecular weight is 745 g/mol. The first-order valence-electron chi connectivity index (χ1n) is 19.8. The van der Waals surface area contributed by atoms with Crippen LogP contribution in [0.5, 0.6) is 0 Å². The SMILES string of the molecule is C1=CC2c3ccccc3-c3cc(N(c4ccc(-c5ccc6c(c5)c5ccccc5n6-c5ccccc5)cc4)c4cccc5c4sc4ccccc45)ccc3C2C=C1. The van der Waals surface area contributed by atoms with E-state index in [9.17, 15) is 0 Å². The Bertz CT molecular complexity index is 3250. The highest BCUT2D eigenvalue weighted by Crippen LogP contribution is 2.52. The van der Waals surface area contributed by atoms with Crippen LogP contribution in [0, 0.1) is 0 Å². The number of anilines is 3. The molecule has 10 aromatic rings. The van der Waals surface area contributed by atoms with Gasteiger partial charge in [-0.1, -0.05) is 140 Å². The molecule has 0 aliphatic heterocycles. The molecular weight excluding hydrogens is 709 g/mol. The minimum absolute atomic E-state index is 0.326. The van der Waals surface area contributed by atoms with E-state index in [1.165, 1.54) is 86.7 Å². The van der Waals surface area contributed by atoms with Crippen LogP contribution >= 0.6 is 11.3 Å². The molecule has 2 atom stereocenters. The van der Waals surface area contributed by atoms with Crippen LogP contribution in [0.25, 0.3) is 69.9 Å². The summed E-state index contributed by atoms with van der Waals surface area (Å²) in [6.45, 7) is 0. The first-order valence-corrected chi connectivity index (χ1v) is 20.6. The Hall–Kier alpha value is -6.94. The molecule has 0 saturated heterocycles. The maximum absolute atomic E-state index is 2.48. The molecule has 57 heavy (non-hydrogen) atoms. The van der Waals surface area contributed by atoms with Gasteiger partial charge in [0, 0.05) is 55.1 Å². The molecule has 0 saturated carbocycles. The summed E-state index contributed by atoms with van der Waals surface area (Å²) in [4.78, 5) is 2.48. The van der Waals surface area contributed by atoms with Crippen molar-refractivity contribution in [3.8, 4) is 27.9 Å². The second-order valence-electron chi connectivity index (χ2n) is 15.2. The van der Waals surface area contributed by atoms with E-state index in [-0.39, 0.29) is 0 Å². The van der Waals surface area contributed by atoms with Gasteiger partial charge in [0.15, 0.2) is 0 Å². The first kappa shape index (κ1) is 32.3. The van der Waals surface area contributed by atoms with Crippen LogP contribution in [0.15, 0.2) is 206 Å². The summed E-state index contributed by atoms with van der Waals surface area (Å²) in [5.41, 5.74) is 14.9. The standard InChI is InChI=1S/C54H36N2S/c1-2-13-37(14-3-1)56-50-22-10-8-19-45(50)49-33-36(27-32-51(49)56)35-25-28-38(29-26-35)55(52-23-12-21-47-46-20-9-11-24-53(46)57-54(47)52)39-30-31-44-42-17-5-4-15-40(42)41-16-6-7-18-43(41)48(44)34-39/h1-34,40,42H. The average Bonchev–Trinajstić information content (AvgIpc) is 3.83. The summed E-state index contributed by atoms with van der Waals surface area (Å²) < 4.78 is 4.98. The fourth-order valence-electron chi connectivity index (χ4n) is 9.59. The van der Waals surface area contributed by atoms with Crippen LogP contribution < -0.4 is 4.90 Å². The maximum Gasteiger partial charge on any atom is 0.0640 e. The maximum atomic E-state index is 2.48. The summed E-state index contributed by atoms with van der Waals surface area (Å²) >= 11 is 1.88. The molecule has 0 fully saturated rings. The predicted octanol–water partition coefficient (Wildman–Crippen LogP) is 15.3. The Balaban J connectivity index is 1.02. The van der Waals surface area contributed by atoms with Crippen LogP contribution in [0.4, 0.5) is 17.1 Å². The lowest BCUT2D eigenvalue weighted by atomic mass is 9.70. The van der Waals surface area contributed by atoms with Gasteiger partial charge < -0.3 is 9.47 Å². The fraction of sp³-hybridized carbons (Fsp3) is 0.0370. The van der Waals surface area contributed by atoms with Gasteiger partial charge in [-0.05, 0) is 100 Å². The van der Waals surface area contributed by atoms with Crippen molar-refractivity contribution in [2.45, 2.75) is 11.8 Å². The first-order chi connectivity index (χ1) is 28.3. The van der Waals surface area contributed by atoms with Gasteiger partial charge in [-0.2, -0.15) is 0 Å². The van der Waals surface area contributed by atoms with Crippen LogP contribution in [-0.2, 0) is 0 Å². The number of thiophene rings is 1. The molecule has 2 aliphatic rings. The zero-order valence-electron chi connectivity index (χ0n) is 31.1. The zero-order valence-corrected chi connectivity index (χ0v) is 31.9. The van der Waals surface area contributed by atoms with E-state index in [1.807, 2.05) is 11.3 Å². The van der Waals surface area contributed by atoms with Crippen molar-refractivity contribution < 1.29 is 0 Å². The van der Waals surface area contributed by atoms with Crippen molar-refractivity contribution in [3.63, 3.8) is 0 Å². The summed E-state index contributed by atoms with van der Waals surface area (Å²) in [5.74, 6) is 0.682. The molecule has 0 amide bonds. The smallest absolute Gasteiger partial charge is 0.0640 e. The second kappa shape index (κ2) is 12.8.